The van der Waals surface area contributed by atoms with Crippen molar-refractivity contribution in [2.75, 3.05) is 0 Å². The van der Waals surface area contributed by atoms with E-state index in [2.05, 4.69) is 61.0 Å². The molecule has 0 N–H and O–H groups in total. The smallest absolute Gasteiger partial charge is 0.0929 e. The molecule has 100 valence electrons. The van der Waals surface area contributed by atoms with Gasteiger partial charge in [-0.3, -0.25) is 4.68 Å². The normalized spacial score (nSPS) is 10.7. The zero-order chi connectivity index (χ0) is 13.9. The summed E-state index contributed by atoms with van der Waals surface area (Å²) in [4.78, 5) is 0. The summed E-state index contributed by atoms with van der Waals surface area (Å²) in [6, 6.07) is 21.1. The standard InChI is InChI=1S/C18H18N2/c1-3-20-18(16-11-9-14(2)10-12-16)13-17(19-20)15-7-5-4-6-8-15/h4-13H,3H2,1-2H3. The Morgan fingerprint density at radius 3 is 2.25 bits per heavy atom. The van der Waals surface area contributed by atoms with Crippen LogP contribution in [0, 0.1) is 6.92 Å². The molecule has 0 saturated heterocycles. The van der Waals surface area contributed by atoms with Gasteiger partial charge in [0.1, 0.15) is 0 Å². The van der Waals surface area contributed by atoms with Gasteiger partial charge in [-0.2, -0.15) is 5.10 Å². The van der Waals surface area contributed by atoms with E-state index in [-0.39, 0.29) is 0 Å². The molecule has 0 aliphatic rings. The average Bonchev–Trinajstić information content (AvgIpc) is 2.93. The number of aryl methyl sites for hydroxylation is 2. The van der Waals surface area contributed by atoms with Crippen LogP contribution in [0.15, 0.2) is 60.7 Å². The third-order valence-corrected chi connectivity index (χ3v) is 3.50. The van der Waals surface area contributed by atoms with Crippen molar-refractivity contribution in [3.05, 3.63) is 66.2 Å². The Bertz CT molecular complexity index is 694. The third kappa shape index (κ3) is 2.37. The van der Waals surface area contributed by atoms with Crippen LogP contribution in [0.3, 0.4) is 0 Å². The van der Waals surface area contributed by atoms with Gasteiger partial charge < -0.3 is 0 Å². The number of benzene rings is 2. The number of aromatic nitrogens is 2. The van der Waals surface area contributed by atoms with Gasteiger partial charge in [-0.1, -0.05) is 60.2 Å². The summed E-state index contributed by atoms with van der Waals surface area (Å²) in [5.74, 6) is 0. The van der Waals surface area contributed by atoms with E-state index >= 15 is 0 Å². The van der Waals surface area contributed by atoms with Crippen LogP contribution in [0.4, 0.5) is 0 Å². The third-order valence-electron chi connectivity index (χ3n) is 3.50. The van der Waals surface area contributed by atoms with Gasteiger partial charge in [0.05, 0.1) is 11.4 Å². The summed E-state index contributed by atoms with van der Waals surface area (Å²) in [7, 11) is 0. The fourth-order valence-corrected chi connectivity index (χ4v) is 2.36. The zero-order valence-corrected chi connectivity index (χ0v) is 11.9. The Balaban J connectivity index is 2.07. The van der Waals surface area contributed by atoms with Crippen LogP contribution in [-0.2, 0) is 6.54 Å². The molecule has 3 rings (SSSR count). The minimum Gasteiger partial charge on any atom is -0.265 e. The fraction of sp³-hybridized carbons (Fsp3) is 0.167. The van der Waals surface area contributed by atoms with Crippen molar-refractivity contribution >= 4 is 0 Å². The van der Waals surface area contributed by atoms with E-state index in [0.717, 1.165) is 17.8 Å². The summed E-state index contributed by atoms with van der Waals surface area (Å²) in [6.45, 7) is 5.10. The predicted octanol–water partition coefficient (Wildman–Crippen LogP) is 4.55. The second-order valence-corrected chi connectivity index (χ2v) is 4.96. The van der Waals surface area contributed by atoms with Gasteiger partial charge in [-0.25, -0.2) is 0 Å². The second kappa shape index (κ2) is 5.33. The molecule has 0 aliphatic carbocycles. The SMILES string of the molecule is CCn1nc(-c2ccccc2)cc1-c1ccc(C)cc1. The summed E-state index contributed by atoms with van der Waals surface area (Å²) in [5, 5.41) is 4.71. The predicted molar refractivity (Wildman–Crippen MR) is 83.5 cm³/mol. The van der Waals surface area contributed by atoms with Crippen LogP contribution in [0.25, 0.3) is 22.5 Å². The number of hydrogen-bond acceptors (Lipinski definition) is 1. The highest BCUT2D eigenvalue weighted by molar-refractivity contribution is 5.68. The quantitative estimate of drug-likeness (QED) is 0.677. The molecule has 2 heteroatoms. The van der Waals surface area contributed by atoms with Crippen LogP contribution < -0.4 is 0 Å². The van der Waals surface area contributed by atoms with E-state index in [1.54, 1.807) is 0 Å². The van der Waals surface area contributed by atoms with Crippen LogP contribution >= 0.6 is 0 Å². The Morgan fingerprint density at radius 2 is 1.60 bits per heavy atom. The average molecular weight is 262 g/mol. The van der Waals surface area contributed by atoms with Gasteiger partial charge in [0.2, 0.25) is 0 Å². The molecule has 1 aromatic heterocycles. The Kier molecular flexibility index (Phi) is 3.38. The van der Waals surface area contributed by atoms with Crippen LogP contribution in [0.1, 0.15) is 12.5 Å². The van der Waals surface area contributed by atoms with Crippen molar-refractivity contribution < 1.29 is 0 Å². The van der Waals surface area contributed by atoms with Crippen molar-refractivity contribution in [3.63, 3.8) is 0 Å². The largest absolute Gasteiger partial charge is 0.265 e. The van der Waals surface area contributed by atoms with Crippen molar-refractivity contribution in [2.45, 2.75) is 20.4 Å². The number of nitrogens with zero attached hydrogens (tertiary/aromatic N) is 2. The molecule has 0 amide bonds. The molecule has 0 atom stereocenters. The van der Waals surface area contributed by atoms with Crippen LogP contribution in [-0.4, -0.2) is 9.78 Å². The highest BCUT2D eigenvalue weighted by Crippen LogP contribution is 2.26. The minimum atomic E-state index is 0.871. The first-order chi connectivity index (χ1) is 9.78. The molecule has 0 unspecified atom stereocenters. The first kappa shape index (κ1) is 12.7. The first-order valence-corrected chi connectivity index (χ1v) is 6.98. The lowest BCUT2D eigenvalue weighted by Crippen LogP contribution is -1.99. The summed E-state index contributed by atoms with van der Waals surface area (Å²) < 4.78 is 2.06. The molecular formula is C18H18N2. The monoisotopic (exact) mass is 262 g/mol. The topological polar surface area (TPSA) is 17.8 Å². The molecule has 1 heterocycles. The van der Waals surface area contributed by atoms with Gasteiger partial charge in [-0.15, -0.1) is 0 Å². The molecule has 0 aliphatic heterocycles. The maximum absolute atomic E-state index is 4.71. The lowest BCUT2D eigenvalue weighted by atomic mass is 10.1. The Labute approximate surface area is 119 Å². The highest BCUT2D eigenvalue weighted by Gasteiger charge is 2.10. The minimum absolute atomic E-state index is 0.871. The van der Waals surface area contributed by atoms with Crippen molar-refractivity contribution in [2.24, 2.45) is 0 Å². The maximum Gasteiger partial charge on any atom is 0.0929 e. The van der Waals surface area contributed by atoms with Crippen LogP contribution in [0.5, 0.6) is 0 Å². The molecular weight excluding hydrogens is 244 g/mol. The van der Waals surface area contributed by atoms with Gasteiger partial charge in [0.25, 0.3) is 0 Å². The molecule has 0 spiro atoms. The Morgan fingerprint density at radius 1 is 0.900 bits per heavy atom. The van der Waals surface area contributed by atoms with Gasteiger partial charge in [0, 0.05) is 12.1 Å². The van der Waals surface area contributed by atoms with Crippen molar-refractivity contribution in [1.29, 1.82) is 0 Å². The molecule has 0 fully saturated rings. The number of hydrogen-bond donors (Lipinski definition) is 0. The summed E-state index contributed by atoms with van der Waals surface area (Å²) >= 11 is 0. The maximum atomic E-state index is 4.71. The van der Waals surface area contributed by atoms with Gasteiger partial charge in [0.15, 0.2) is 0 Å². The lowest BCUT2D eigenvalue weighted by Gasteiger charge is -2.04. The van der Waals surface area contributed by atoms with E-state index in [1.165, 1.54) is 16.8 Å². The molecule has 2 aromatic carbocycles. The molecule has 20 heavy (non-hydrogen) atoms. The molecule has 2 nitrogen and oxygen atoms in total. The molecule has 0 bridgehead atoms. The fourth-order valence-electron chi connectivity index (χ4n) is 2.36. The summed E-state index contributed by atoms with van der Waals surface area (Å²) in [5.41, 5.74) is 5.86. The van der Waals surface area contributed by atoms with Gasteiger partial charge >= 0.3 is 0 Å². The molecule has 0 saturated carbocycles. The lowest BCUT2D eigenvalue weighted by molar-refractivity contribution is 0.669. The van der Waals surface area contributed by atoms with E-state index in [0.29, 0.717) is 0 Å². The summed E-state index contributed by atoms with van der Waals surface area (Å²) in [6.07, 6.45) is 0. The van der Waals surface area contributed by atoms with E-state index in [1.807, 2.05) is 18.2 Å². The molecule has 3 aromatic rings. The van der Waals surface area contributed by atoms with Crippen LogP contribution in [0.2, 0.25) is 0 Å². The zero-order valence-electron chi connectivity index (χ0n) is 11.9. The van der Waals surface area contributed by atoms with Gasteiger partial charge in [-0.05, 0) is 25.5 Å². The molecule has 0 radical (unpaired) electrons. The van der Waals surface area contributed by atoms with Crippen molar-refractivity contribution in [3.8, 4) is 22.5 Å². The number of rotatable bonds is 3. The first-order valence-electron chi connectivity index (χ1n) is 6.98. The van der Waals surface area contributed by atoms with E-state index < -0.39 is 0 Å². The second-order valence-electron chi connectivity index (χ2n) is 4.96. The van der Waals surface area contributed by atoms with E-state index in [9.17, 15) is 0 Å². The van der Waals surface area contributed by atoms with E-state index in [4.69, 9.17) is 5.10 Å². The Hall–Kier alpha value is -2.35. The highest BCUT2D eigenvalue weighted by atomic mass is 15.3. The van der Waals surface area contributed by atoms with Crippen molar-refractivity contribution in [1.82, 2.24) is 9.78 Å².